The summed E-state index contributed by atoms with van der Waals surface area (Å²) in [7, 11) is 0. The Hall–Kier alpha value is -1.83. The lowest BCUT2D eigenvalue weighted by molar-refractivity contribution is -0.139. The zero-order valence-electron chi connectivity index (χ0n) is 13.3. The van der Waals surface area contributed by atoms with E-state index in [2.05, 4.69) is 20.9 Å². The molecule has 1 saturated heterocycles. The molecule has 7 nitrogen and oxygen atoms in total. The van der Waals surface area contributed by atoms with Crippen molar-refractivity contribution in [2.24, 2.45) is 0 Å². The second kappa shape index (κ2) is 6.74. The molecular formula is C15H20BrN3O4. The number of pyridine rings is 1. The van der Waals surface area contributed by atoms with Gasteiger partial charge in [-0.25, -0.2) is 14.6 Å². The van der Waals surface area contributed by atoms with E-state index < -0.39 is 23.7 Å². The van der Waals surface area contributed by atoms with Crippen LogP contribution in [0.3, 0.4) is 0 Å². The number of aliphatic carboxylic acids is 1. The Morgan fingerprint density at radius 3 is 2.57 bits per heavy atom. The normalized spacial score (nSPS) is 18.7. The summed E-state index contributed by atoms with van der Waals surface area (Å²) in [6.45, 7) is 6.16. The number of nitrogens with zero attached hydrogens (tertiary/aromatic N) is 3. The topological polar surface area (TPSA) is 83.0 Å². The number of hydrogen-bond acceptors (Lipinski definition) is 5. The van der Waals surface area contributed by atoms with Gasteiger partial charge in [0.25, 0.3) is 0 Å². The summed E-state index contributed by atoms with van der Waals surface area (Å²) in [5.74, 6) is -0.424. The zero-order valence-corrected chi connectivity index (χ0v) is 14.9. The van der Waals surface area contributed by atoms with Crippen molar-refractivity contribution in [1.29, 1.82) is 0 Å². The summed E-state index contributed by atoms with van der Waals surface area (Å²) in [5, 5.41) is 9.50. The molecule has 1 N–H and O–H groups in total. The first kappa shape index (κ1) is 17.5. The van der Waals surface area contributed by atoms with Crippen LogP contribution in [0.4, 0.5) is 10.6 Å². The summed E-state index contributed by atoms with van der Waals surface area (Å²) in [6.07, 6.45) is 1.13. The molecule has 1 amide bonds. The van der Waals surface area contributed by atoms with E-state index in [1.54, 1.807) is 37.9 Å². The number of hydrogen-bond donors (Lipinski definition) is 1. The highest BCUT2D eigenvalue weighted by molar-refractivity contribution is 9.10. The van der Waals surface area contributed by atoms with E-state index >= 15 is 0 Å². The Bertz CT molecular complexity index is 585. The lowest BCUT2D eigenvalue weighted by Gasteiger charge is -2.40. The monoisotopic (exact) mass is 385 g/mol. The Kier molecular flexibility index (Phi) is 5.13. The maximum absolute atomic E-state index is 12.1. The first-order valence-corrected chi connectivity index (χ1v) is 8.05. The van der Waals surface area contributed by atoms with Crippen LogP contribution in [0, 0.1) is 0 Å². The zero-order chi connectivity index (χ0) is 17.2. The van der Waals surface area contributed by atoms with Crippen molar-refractivity contribution in [2.75, 3.05) is 24.5 Å². The number of piperazine rings is 1. The van der Waals surface area contributed by atoms with Gasteiger partial charge in [-0.1, -0.05) is 0 Å². The number of rotatable bonds is 2. The van der Waals surface area contributed by atoms with E-state index in [1.807, 2.05) is 6.07 Å². The van der Waals surface area contributed by atoms with Crippen LogP contribution >= 0.6 is 15.9 Å². The van der Waals surface area contributed by atoms with Gasteiger partial charge in [-0.05, 0) is 48.8 Å². The first-order chi connectivity index (χ1) is 10.7. The molecule has 0 unspecified atom stereocenters. The summed E-state index contributed by atoms with van der Waals surface area (Å²) >= 11 is 3.30. The number of anilines is 1. The number of aromatic nitrogens is 1. The fourth-order valence-corrected chi connectivity index (χ4v) is 2.53. The van der Waals surface area contributed by atoms with Gasteiger partial charge in [-0.15, -0.1) is 0 Å². The molecule has 1 aliphatic rings. The van der Waals surface area contributed by atoms with Crippen molar-refractivity contribution < 1.29 is 19.4 Å². The number of carbonyl (C=O) groups is 2. The molecule has 0 radical (unpaired) electrons. The third-order valence-corrected chi connectivity index (χ3v) is 3.79. The molecule has 126 valence electrons. The number of amides is 1. The van der Waals surface area contributed by atoms with Crippen molar-refractivity contribution in [1.82, 2.24) is 9.88 Å². The van der Waals surface area contributed by atoms with E-state index in [4.69, 9.17) is 4.74 Å². The summed E-state index contributed by atoms with van der Waals surface area (Å²) < 4.78 is 6.14. The molecule has 1 aromatic rings. The van der Waals surface area contributed by atoms with Gasteiger partial charge in [0.1, 0.15) is 17.5 Å². The van der Waals surface area contributed by atoms with Crippen LogP contribution in [-0.2, 0) is 9.53 Å². The summed E-state index contributed by atoms with van der Waals surface area (Å²) in [4.78, 5) is 31.1. The highest BCUT2D eigenvalue weighted by Crippen LogP contribution is 2.21. The van der Waals surface area contributed by atoms with Gasteiger partial charge in [0, 0.05) is 23.8 Å². The van der Waals surface area contributed by atoms with Gasteiger partial charge in [0.15, 0.2) is 0 Å². The highest BCUT2D eigenvalue weighted by Gasteiger charge is 2.36. The molecule has 0 bridgehead atoms. The third kappa shape index (κ3) is 4.57. The van der Waals surface area contributed by atoms with E-state index in [1.165, 1.54) is 4.90 Å². The second-order valence-corrected chi connectivity index (χ2v) is 7.22. The number of carboxylic acid groups (broad SMARTS) is 1. The van der Waals surface area contributed by atoms with Crippen LogP contribution in [-0.4, -0.2) is 58.3 Å². The molecule has 1 atom stereocenters. The Morgan fingerprint density at radius 1 is 1.35 bits per heavy atom. The molecule has 0 spiro atoms. The molecule has 1 aromatic heterocycles. The smallest absolute Gasteiger partial charge is 0.410 e. The average Bonchev–Trinajstić information content (AvgIpc) is 2.45. The molecule has 0 aliphatic carbocycles. The lowest BCUT2D eigenvalue weighted by atomic mass is 10.1. The van der Waals surface area contributed by atoms with Crippen molar-refractivity contribution in [2.45, 2.75) is 32.4 Å². The number of carboxylic acids is 1. The summed E-state index contributed by atoms with van der Waals surface area (Å²) in [5.41, 5.74) is -0.611. The summed E-state index contributed by atoms with van der Waals surface area (Å²) in [6, 6.07) is 2.70. The van der Waals surface area contributed by atoms with Crippen LogP contribution in [0.25, 0.3) is 0 Å². The van der Waals surface area contributed by atoms with Crippen LogP contribution in [0.2, 0.25) is 0 Å². The highest BCUT2D eigenvalue weighted by atomic mass is 79.9. The van der Waals surface area contributed by atoms with Crippen LogP contribution in [0.15, 0.2) is 22.8 Å². The van der Waals surface area contributed by atoms with Crippen LogP contribution in [0.1, 0.15) is 20.8 Å². The molecule has 2 heterocycles. The van der Waals surface area contributed by atoms with Crippen molar-refractivity contribution in [3.05, 3.63) is 22.8 Å². The Morgan fingerprint density at radius 2 is 2.04 bits per heavy atom. The van der Waals surface area contributed by atoms with Gasteiger partial charge in [-0.3, -0.25) is 0 Å². The fraction of sp³-hybridized carbons (Fsp3) is 0.533. The van der Waals surface area contributed by atoms with Gasteiger partial charge in [0.2, 0.25) is 0 Å². The molecular weight excluding hydrogens is 366 g/mol. The standard InChI is InChI=1S/C15H20BrN3O4/c1-15(2,3)23-14(22)18-6-7-19(11(9-18)13(20)21)12-5-4-10(16)8-17-12/h4-5,8,11H,6-7,9H2,1-3H3,(H,20,21)/t11-/m1/s1. The van der Waals surface area contributed by atoms with Gasteiger partial charge < -0.3 is 19.6 Å². The average molecular weight is 386 g/mol. The second-order valence-electron chi connectivity index (χ2n) is 6.31. The van der Waals surface area contributed by atoms with E-state index in [0.29, 0.717) is 18.9 Å². The van der Waals surface area contributed by atoms with Crippen LogP contribution in [0.5, 0.6) is 0 Å². The third-order valence-electron chi connectivity index (χ3n) is 3.32. The Balaban J connectivity index is 2.13. The molecule has 0 aromatic carbocycles. The van der Waals surface area contributed by atoms with Crippen molar-refractivity contribution in [3.63, 3.8) is 0 Å². The SMILES string of the molecule is CC(C)(C)OC(=O)N1CCN(c2ccc(Br)cn2)[C@@H](C(=O)O)C1. The quantitative estimate of drug-likeness (QED) is 0.840. The minimum absolute atomic E-state index is 0.0575. The predicted octanol–water partition coefficient (Wildman–Crippen LogP) is 2.35. The van der Waals surface area contributed by atoms with Crippen molar-refractivity contribution >= 4 is 33.8 Å². The van der Waals surface area contributed by atoms with Crippen LogP contribution < -0.4 is 4.90 Å². The predicted molar refractivity (Wildman–Crippen MR) is 88.5 cm³/mol. The molecule has 0 saturated carbocycles. The van der Waals surface area contributed by atoms with Gasteiger partial charge in [0.05, 0.1) is 6.54 Å². The van der Waals surface area contributed by atoms with Gasteiger partial charge in [-0.2, -0.15) is 0 Å². The van der Waals surface area contributed by atoms with E-state index in [-0.39, 0.29) is 6.54 Å². The molecule has 23 heavy (non-hydrogen) atoms. The molecule has 2 rings (SSSR count). The van der Waals surface area contributed by atoms with Gasteiger partial charge >= 0.3 is 12.1 Å². The minimum atomic E-state index is -0.997. The number of halogens is 1. The lowest BCUT2D eigenvalue weighted by Crippen LogP contribution is -2.58. The number of carbonyl (C=O) groups excluding carboxylic acids is 1. The largest absolute Gasteiger partial charge is 0.480 e. The molecule has 8 heteroatoms. The molecule has 1 aliphatic heterocycles. The first-order valence-electron chi connectivity index (χ1n) is 7.26. The maximum Gasteiger partial charge on any atom is 0.410 e. The molecule has 1 fully saturated rings. The number of ether oxygens (including phenoxy) is 1. The maximum atomic E-state index is 12.1. The van der Waals surface area contributed by atoms with Crippen molar-refractivity contribution in [3.8, 4) is 0 Å². The Labute approximate surface area is 143 Å². The van der Waals surface area contributed by atoms with E-state index in [9.17, 15) is 14.7 Å². The van der Waals surface area contributed by atoms with E-state index in [0.717, 1.165) is 4.47 Å². The fourth-order valence-electron chi connectivity index (χ4n) is 2.30. The minimum Gasteiger partial charge on any atom is -0.480 e.